The van der Waals surface area contributed by atoms with Crippen LogP contribution in [0.4, 0.5) is 0 Å². The smallest absolute Gasteiger partial charge is 0.223 e. The maximum atomic E-state index is 11.8. The Labute approximate surface area is 115 Å². The molecule has 1 aliphatic rings. The van der Waals surface area contributed by atoms with Gasteiger partial charge in [0.05, 0.1) is 4.34 Å². The summed E-state index contributed by atoms with van der Waals surface area (Å²) in [6, 6.07) is 3.52. The molecule has 0 bridgehead atoms. The van der Waals surface area contributed by atoms with Crippen LogP contribution < -0.4 is 5.32 Å². The summed E-state index contributed by atoms with van der Waals surface area (Å²) in [5.41, 5.74) is 0. The fraction of sp³-hybridized carbons (Fsp3) is 0.583. The molecule has 0 spiro atoms. The van der Waals surface area contributed by atoms with Gasteiger partial charge in [-0.1, -0.05) is 11.6 Å². The predicted octanol–water partition coefficient (Wildman–Crippen LogP) is 1.98. The van der Waals surface area contributed by atoms with Crippen LogP contribution in [0.5, 0.6) is 0 Å². The van der Waals surface area contributed by atoms with Crippen molar-refractivity contribution in [2.45, 2.75) is 18.9 Å². The molecule has 4 nitrogen and oxygen atoms in total. The number of hydrogen-bond donors (Lipinski definition) is 2. The Hall–Kier alpha value is -0.620. The zero-order valence-electron chi connectivity index (χ0n) is 9.89. The normalized spacial score (nSPS) is 18.6. The second-order valence-corrected chi connectivity index (χ2v) is 6.04. The summed E-state index contributed by atoms with van der Waals surface area (Å²) in [7, 11) is 0. The van der Waals surface area contributed by atoms with Crippen LogP contribution >= 0.6 is 22.9 Å². The number of amides is 1. The molecule has 0 saturated carbocycles. The lowest BCUT2D eigenvalue weighted by molar-refractivity contribution is -0.128. The summed E-state index contributed by atoms with van der Waals surface area (Å²) in [6.07, 6.45) is 0.825. The molecule has 18 heavy (non-hydrogen) atoms. The molecule has 1 aromatic rings. The van der Waals surface area contributed by atoms with E-state index in [2.05, 4.69) is 5.32 Å². The van der Waals surface area contributed by atoms with Gasteiger partial charge in [0, 0.05) is 30.6 Å². The number of aliphatic hydroxyl groups excluding tert-OH is 1. The highest BCUT2D eigenvalue weighted by atomic mass is 35.5. The Morgan fingerprint density at radius 3 is 2.89 bits per heavy atom. The van der Waals surface area contributed by atoms with Crippen molar-refractivity contribution in [1.82, 2.24) is 5.32 Å². The van der Waals surface area contributed by atoms with Crippen molar-refractivity contribution in [2.75, 3.05) is 19.8 Å². The summed E-state index contributed by atoms with van der Waals surface area (Å²) in [5, 5.41) is 12.7. The molecule has 0 aliphatic carbocycles. The molecule has 1 amide bonds. The number of carbonyl (C=O) groups excluding carboxylic acids is 1. The SMILES string of the molecule is O=C(NC[C@@H](O)c1ccc(Cl)s1)C1CCOCC1. The number of nitrogens with one attached hydrogen (secondary N) is 1. The Morgan fingerprint density at radius 2 is 2.28 bits per heavy atom. The Bertz CT molecular complexity index is 404. The van der Waals surface area contributed by atoms with Gasteiger partial charge in [-0.3, -0.25) is 4.79 Å². The van der Waals surface area contributed by atoms with Crippen molar-refractivity contribution in [3.05, 3.63) is 21.3 Å². The second kappa shape index (κ2) is 6.52. The molecular weight excluding hydrogens is 274 g/mol. The van der Waals surface area contributed by atoms with Gasteiger partial charge in [0.1, 0.15) is 6.10 Å². The lowest BCUT2D eigenvalue weighted by Crippen LogP contribution is -2.36. The second-order valence-electron chi connectivity index (χ2n) is 4.29. The molecule has 1 aliphatic heterocycles. The molecule has 1 saturated heterocycles. The van der Waals surface area contributed by atoms with Gasteiger partial charge in [-0.25, -0.2) is 0 Å². The highest BCUT2D eigenvalue weighted by molar-refractivity contribution is 7.16. The van der Waals surface area contributed by atoms with Crippen molar-refractivity contribution in [3.8, 4) is 0 Å². The van der Waals surface area contributed by atoms with Crippen LogP contribution in [0, 0.1) is 5.92 Å². The van der Waals surface area contributed by atoms with Crippen molar-refractivity contribution >= 4 is 28.8 Å². The quantitative estimate of drug-likeness (QED) is 0.891. The Kier molecular flexibility index (Phi) is 5.00. The van der Waals surface area contributed by atoms with Crippen LogP contribution in [0.15, 0.2) is 12.1 Å². The van der Waals surface area contributed by atoms with E-state index in [1.807, 2.05) is 0 Å². The van der Waals surface area contributed by atoms with Crippen LogP contribution in [0.1, 0.15) is 23.8 Å². The monoisotopic (exact) mass is 289 g/mol. The summed E-state index contributed by atoms with van der Waals surface area (Å²) in [6.45, 7) is 1.51. The molecule has 0 aromatic carbocycles. The average molecular weight is 290 g/mol. The van der Waals surface area contributed by atoms with Crippen LogP contribution in [-0.2, 0) is 9.53 Å². The van der Waals surface area contributed by atoms with E-state index < -0.39 is 6.10 Å². The first-order valence-corrected chi connectivity index (χ1v) is 7.15. The third kappa shape index (κ3) is 3.68. The number of ether oxygens (including phenoxy) is 1. The lowest BCUT2D eigenvalue weighted by Gasteiger charge is -2.21. The first-order chi connectivity index (χ1) is 8.66. The van der Waals surface area contributed by atoms with Gasteiger partial charge in [-0.2, -0.15) is 0 Å². The average Bonchev–Trinajstić information content (AvgIpc) is 2.83. The number of hydrogen-bond acceptors (Lipinski definition) is 4. The van der Waals surface area contributed by atoms with Crippen LogP contribution in [0.25, 0.3) is 0 Å². The standard InChI is InChI=1S/C12H16ClNO3S/c13-11-2-1-10(18-11)9(15)7-14-12(16)8-3-5-17-6-4-8/h1-2,8-9,15H,3-7H2,(H,14,16)/t9-/m1/s1. The van der Waals surface area contributed by atoms with Gasteiger partial charge in [-0.15, -0.1) is 11.3 Å². The Balaban J connectivity index is 1.78. The highest BCUT2D eigenvalue weighted by Gasteiger charge is 2.22. The molecule has 0 unspecified atom stereocenters. The van der Waals surface area contributed by atoms with Gasteiger partial charge in [0.15, 0.2) is 0 Å². The molecule has 100 valence electrons. The Morgan fingerprint density at radius 1 is 1.56 bits per heavy atom. The third-order valence-electron chi connectivity index (χ3n) is 2.98. The fourth-order valence-corrected chi connectivity index (χ4v) is 2.96. The van der Waals surface area contributed by atoms with E-state index in [0.29, 0.717) is 17.6 Å². The van der Waals surface area contributed by atoms with Crippen LogP contribution in [-0.4, -0.2) is 30.8 Å². The first-order valence-electron chi connectivity index (χ1n) is 5.95. The number of aliphatic hydroxyl groups is 1. The van der Waals surface area contributed by atoms with E-state index in [1.54, 1.807) is 12.1 Å². The van der Waals surface area contributed by atoms with Gasteiger partial charge in [0.25, 0.3) is 0 Å². The first kappa shape index (κ1) is 13.8. The van der Waals surface area contributed by atoms with Crippen LogP contribution in [0.3, 0.4) is 0 Å². The molecule has 0 radical (unpaired) electrons. The van der Waals surface area contributed by atoms with E-state index in [1.165, 1.54) is 11.3 Å². The highest BCUT2D eigenvalue weighted by Crippen LogP contribution is 2.26. The maximum Gasteiger partial charge on any atom is 0.223 e. The van der Waals surface area contributed by atoms with E-state index in [4.69, 9.17) is 16.3 Å². The number of halogens is 1. The number of rotatable bonds is 4. The minimum atomic E-state index is -0.689. The molecule has 1 aromatic heterocycles. The maximum absolute atomic E-state index is 11.8. The summed E-state index contributed by atoms with van der Waals surface area (Å²) in [4.78, 5) is 12.6. The molecule has 6 heteroatoms. The van der Waals surface area contributed by atoms with Gasteiger partial charge in [0.2, 0.25) is 5.91 Å². The topological polar surface area (TPSA) is 58.6 Å². The fourth-order valence-electron chi connectivity index (χ4n) is 1.91. The predicted molar refractivity (Wildman–Crippen MR) is 70.8 cm³/mol. The zero-order chi connectivity index (χ0) is 13.0. The van der Waals surface area contributed by atoms with E-state index in [-0.39, 0.29) is 18.4 Å². The summed E-state index contributed by atoms with van der Waals surface area (Å²) in [5.74, 6) is 0.0119. The molecule has 2 rings (SSSR count). The molecular formula is C12H16ClNO3S. The minimum absolute atomic E-state index is 0.00000283. The van der Waals surface area contributed by atoms with E-state index in [9.17, 15) is 9.90 Å². The number of thiophene rings is 1. The van der Waals surface area contributed by atoms with Crippen LogP contribution in [0.2, 0.25) is 4.34 Å². The van der Waals surface area contributed by atoms with Gasteiger partial charge < -0.3 is 15.2 Å². The van der Waals surface area contributed by atoms with Gasteiger partial charge >= 0.3 is 0 Å². The van der Waals surface area contributed by atoms with Crippen molar-refractivity contribution in [2.24, 2.45) is 5.92 Å². The van der Waals surface area contributed by atoms with E-state index >= 15 is 0 Å². The van der Waals surface area contributed by atoms with Crippen molar-refractivity contribution < 1.29 is 14.6 Å². The number of carbonyl (C=O) groups is 1. The molecule has 1 fully saturated rings. The largest absolute Gasteiger partial charge is 0.386 e. The van der Waals surface area contributed by atoms with E-state index in [0.717, 1.165) is 17.7 Å². The molecule has 2 N–H and O–H groups in total. The van der Waals surface area contributed by atoms with Gasteiger partial charge in [-0.05, 0) is 25.0 Å². The minimum Gasteiger partial charge on any atom is -0.386 e. The van der Waals surface area contributed by atoms with Crippen molar-refractivity contribution in [1.29, 1.82) is 0 Å². The summed E-state index contributed by atoms with van der Waals surface area (Å²) >= 11 is 7.12. The van der Waals surface area contributed by atoms with Crippen molar-refractivity contribution in [3.63, 3.8) is 0 Å². The lowest BCUT2D eigenvalue weighted by atomic mass is 9.99. The zero-order valence-corrected chi connectivity index (χ0v) is 11.5. The summed E-state index contributed by atoms with van der Waals surface area (Å²) < 4.78 is 5.84. The molecule has 2 heterocycles. The third-order valence-corrected chi connectivity index (χ3v) is 4.32. The molecule has 1 atom stereocenters.